The number of carboxylic acid groups (broad SMARTS) is 1. The average molecular weight is 637 g/mol. The predicted octanol–water partition coefficient (Wildman–Crippen LogP) is 8.45. The van der Waals surface area contributed by atoms with Crippen molar-refractivity contribution < 1.29 is 38.3 Å². The molecule has 0 heterocycles. The van der Waals surface area contributed by atoms with E-state index in [4.69, 9.17) is 33.5 Å². The fourth-order valence-electron chi connectivity index (χ4n) is 4.78. The Hall–Kier alpha value is -3.59. The molecule has 1 N–H and O–H groups in total. The third-order valence-corrected chi connectivity index (χ3v) is 7.32. The maximum absolute atomic E-state index is 10.5. The highest BCUT2D eigenvalue weighted by Gasteiger charge is 2.11. The van der Waals surface area contributed by atoms with Crippen LogP contribution in [0, 0.1) is 0 Å². The number of rotatable bonds is 26. The van der Waals surface area contributed by atoms with Gasteiger partial charge in [-0.2, -0.15) is 0 Å². The standard InChI is InChI=1S/C38H52O8/c1-3-5-7-9-21-44-34-16-11-31(12-17-34)33-15-20-36(32-13-18-35(19-14-32)45-22-10-8-6-4-2)37(29-33)46-28-27-42-24-23-41-25-26-43-30-38(39)40/h11-20,29H,3-10,21-28,30H2,1-2H3,(H,39,40). The molecule has 0 unspecified atom stereocenters. The summed E-state index contributed by atoms with van der Waals surface area (Å²) < 4.78 is 34.2. The SMILES string of the molecule is CCCCCCOc1ccc(-c2ccc(-c3ccc(OCCCCCC)cc3)c(OCCOCCOCCOCC(=O)O)c2)cc1. The largest absolute Gasteiger partial charge is 0.494 e. The Morgan fingerprint density at radius 3 is 1.57 bits per heavy atom. The molecule has 252 valence electrons. The predicted molar refractivity (Wildman–Crippen MR) is 182 cm³/mol. The Bertz CT molecular complexity index is 1230. The molecule has 3 rings (SSSR count). The van der Waals surface area contributed by atoms with Crippen molar-refractivity contribution in [2.24, 2.45) is 0 Å². The van der Waals surface area contributed by atoms with Crippen molar-refractivity contribution in [3.05, 3.63) is 66.7 Å². The maximum Gasteiger partial charge on any atom is 0.329 e. The molecule has 0 bridgehead atoms. The molecule has 0 spiro atoms. The lowest BCUT2D eigenvalue weighted by atomic mass is 9.99. The van der Waals surface area contributed by atoms with Crippen LogP contribution in [-0.4, -0.2) is 70.5 Å². The smallest absolute Gasteiger partial charge is 0.329 e. The number of carbonyl (C=O) groups is 1. The van der Waals surface area contributed by atoms with Crippen molar-refractivity contribution >= 4 is 5.97 Å². The molecule has 0 radical (unpaired) electrons. The first-order valence-corrected chi connectivity index (χ1v) is 16.8. The van der Waals surface area contributed by atoms with Gasteiger partial charge in [-0.3, -0.25) is 0 Å². The lowest BCUT2D eigenvalue weighted by Gasteiger charge is -2.15. The zero-order valence-electron chi connectivity index (χ0n) is 27.7. The minimum Gasteiger partial charge on any atom is -0.494 e. The lowest BCUT2D eigenvalue weighted by Crippen LogP contribution is -2.14. The monoisotopic (exact) mass is 636 g/mol. The van der Waals surface area contributed by atoms with Gasteiger partial charge in [0, 0.05) is 5.56 Å². The number of aliphatic carboxylic acids is 1. The van der Waals surface area contributed by atoms with E-state index in [2.05, 4.69) is 56.3 Å². The van der Waals surface area contributed by atoms with Crippen LogP contribution < -0.4 is 14.2 Å². The number of hydrogen-bond acceptors (Lipinski definition) is 7. The van der Waals surface area contributed by atoms with Gasteiger partial charge in [0.15, 0.2) is 0 Å². The van der Waals surface area contributed by atoms with Crippen molar-refractivity contribution in [1.29, 1.82) is 0 Å². The highest BCUT2D eigenvalue weighted by molar-refractivity contribution is 5.77. The highest BCUT2D eigenvalue weighted by atomic mass is 16.6. The second kappa shape index (κ2) is 22.8. The molecule has 0 atom stereocenters. The summed E-state index contributed by atoms with van der Waals surface area (Å²) in [4.78, 5) is 10.5. The molecule has 0 saturated carbocycles. The van der Waals surface area contributed by atoms with Crippen molar-refractivity contribution in [1.82, 2.24) is 0 Å². The van der Waals surface area contributed by atoms with E-state index in [1.807, 2.05) is 24.3 Å². The third-order valence-electron chi connectivity index (χ3n) is 7.32. The van der Waals surface area contributed by atoms with Gasteiger partial charge in [-0.1, -0.05) is 88.8 Å². The summed E-state index contributed by atoms with van der Waals surface area (Å²) in [6.07, 6.45) is 9.44. The lowest BCUT2D eigenvalue weighted by molar-refractivity contribution is -0.142. The first-order valence-electron chi connectivity index (χ1n) is 16.8. The Labute approximate surface area is 274 Å². The van der Waals surface area contributed by atoms with Crippen LogP contribution in [0.25, 0.3) is 22.3 Å². The van der Waals surface area contributed by atoms with E-state index in [-0.39, 0.29) is 13.2 Å². The molecule has 0 saturated heterocycles. The van der Waals surface area contributed by atoms with Crippen molar-refractivity contribution in [2.45, 2.75) is 65.2 Å². The van der Waals surface area contributed by atoms with Crippen LogP contribution in [0.15, 0.2) is 66.7 Å². The molecule has 3 aromatic carbocycles. The summed E-state index contributed by atoms with van der Waals surface area (Å²) in [6, 6.07) is 22.7. The second-order valence-corrected chi connectivity index (χ2v) is 11.1. The van der Waals surface area contributed by atoms with Gasteiger partial charge in [0.2, 0.25) is 0 Å². The number of benzene rings is 3. The molecular weight excluding hydrogens is 584 g/mol. The molecule has 0 aliphatic heterocycles. The summed E-state index contributed by atoms with van der Waals surface area (Å²) in [5, 5.41) is 8.58. The molecule has 0 aliphatic rings. The Balaban J connectivity index is 1.59. The fraction of sp³-hybridized carbons (Fsp3) is 0.500. The van der Waals surface area contributed by atoms with Gasteiger partial charge in [0.25, 0.3) is 0 Å². The van der Waals surface area contributed by atoms with Crippen LogP contribution in [-0.2, 0) is 19.0 Å². The zero-order valence-corrected chi connectivity index (χ0v) is 27.7. The van der Waals surface area contributed by atoms with Gasteiger partial charge in [0.1, 0.15) is 30.5 Å². The number of ether oxygens (including phenoxy) is 6. The van der Waals surface area contributed by atoms with E-state index in [9.17, 15) is 4.79 Å². The van der Waals surface area contributed by atoms with E-state index >= 15 is 0 Å². The van der Waals surface area contributed by atoms with E-state index in [1.165, 1.54) is 38.5 Å². The summed E-state index contributed by atoms with van der Waals surface area (Å²) in [5.41, 5.74) is 4.18. The highest BCUT2D eigenvalue weighted by Crippen LogP contribution is 2.35. The summed E-state index contributed by atoms with van der Waals surface area (Å²) in [5.74, 6) is 1.54. The normalized spacial score (nSPS) is 11.0. The number of hydrogen-bond donors (Lipinski definition) is 1. The maximum atomic E-state index is 10.5. The molecule has 0 amide bonds. The van der Waals surface area contributed by atoms with Crippen molar-refractivity contribution in [2.75, 3.05) is 59.5 Å². The van der Waals surface area contributed by atoms with Gasteiger partial charge in [-0.05, 0) is 59.9 Å². The van der Waals surface area contributed by atoms with Crippen molar-refractivity contribution in [3.8, 4) is 39.5 Å². The molecule has 0 aliphatic carbocycles. The Morgan fingerprint density at radius 1 is 0.522 bits per heavy atom. The summed E-state index contributed by atoms with van der Waals surface area (Å²) >= 11 is 0. The molecule has 8 heteroatoms. The minimum absolute atomic E-state index is 0.232. The van der Waals surface area contributed by atoms with E-state index in [1.54, 1.807) is 0 Å². The first-order chi connectivity index (χ1) is 22.6. The fourth-order valence-corrected chi connectivity index (χ4v) is 4.78. The van der Waals surface area contributed by atoms with Crippen LogP contribution in [0.1, 0.15) is 65.2 Å². The second-order valence-electron chi connectivity index (χ2n) is 11.1. The van der Waals surface area contributed by atoms with E-state index in [0.717, 1.165) is 65.6 Å². The molecule has 3 aromatic rings. The molecule has 0 fully saturated rings. The van der Waals surface area contributed by atoms with Crippen LogP contribution in [0.2, 0.25) is 0 Å². The minimum atomic E-state index is -0.993. The van der Waals surface area contributed by atoms with Gasteiger partial charge in [0.05, 0.1) is 46.2 Å². The average Bonchev–Trinajstić information content (AvgIpc) is 3.07. The van der Waals surface area contributed by atoms with Crippen LogP contribution in [0.3, 0.4) is 0 Å². The van der Waals surface area contributed by atoms with Crippen LogP contribution >= 0.6 is 0 Å². The van der Waals surface area contributed by atoms with Gasteiger partial charge in [-0.25, -0.2) is 4.79 Å². The topological polar surface area (TPSA) is 92.7 Å². The van der Waals surface area contributed by atoms with Gasteiger partial charge < -0.3 is 33.5 Å². The third kappa shape index (κ3) is 14.7. The van der Waals surface area contributed by atoms with Crippen molar-refractivity contribution in [3.63, 3.8) is 0 Å². The number of carboxylic acids is 1. The summed E-state index contributed by atoms with van der Waals surface area (Å²) in [7, 11) is 0. The van der Waals surface area contributed by atoms with E-state index < -0.39 is 5.97 Å². The first kappa shape index (κ1) is 36.9. The van der Waals surface area contributed by atoms with Crippen LogP contribution in [0.4, 0.5) is 0 Å². The molecule has 46 heavy (non-hydrogen) atoms. The molecule has 0 aromatic heterocycles. The number of unbranched alkanes of at least 4 members (excludes halogenated alkanes) is 6. The van der Waals surface area contributed by atoms with Gasteiger partial charge in [-0.15, -0.1) is 0 Å². The zero-order chi connectivity index (χ0) is 32.7. The van der Waals surface area contributed by atoms with Gasteiger partial charge >= 0.3 is 5.97 Å². The Kier molecular flexibility index (Phi) is 18.3. The molecule has 8 nitrogen and oxygen atoms in total. The summed E-state index contributed by atoms with van der Waals surface area (Å²) in [6.45, 7) is 7.69. The Morgan fingerprint density at radius 2 is 1.02 bits per heavy atom. The van der Waals surface area contributed by atoms with Crippen LogP contribution in [0.5, 0.6) is 17.2 Å². The van der Waals surface area contributed by atoms with E-state index in [0.29, 0.717) is 33.0 Å². The molecular formula is C38H52O8. The quantitative estimate of drug-likeness (QED) is 0.0878.